The van der Waals surface area contributed by atoms with Gasteiger partial charge in [-0.2, -0.15) is 0 Å². The first-order valence-corrected chi connectivity index (χ1v) is 6.99. The second kappa shape index (κ2) is 4.63. The number of hydrogen-bond acceptors (Lipinski definition) is 3. The second-order valence-electron chi connectivity index (χ2n) is 5.80. The molecule has 0 aromatic heterocycles. The van der Waals surface area contributed by atoms with Gasteiger partial charge < -0.3 is 5.11 Å². The first kappa shape index (κ1) is 11.0. The smallest absolute Gasteiger partial charge is 0.0555 e. The lowest BCUT2D eigenvalue weighted by molar-refractivity contribution is 0.156. The molecule has 0 aromatic rings. The quantitative estimate of drug-likeness (QED) is 0.760. The summed E-state index contributed by atoms with van der Waals surface area (Å²) >= 11 is 0. The summed E-state index contributed by atoms with van der Waals surface area (Å²) in [7, 11) is 0. The molecule has 0 bridgehead atoms. The zero-order valence-electron chi connectivity index (χ0n) is 10.1. The Hall–Kier alpha value is -0.120. The molecule has 0 amide bonds. The fraction of sp³-hybridized carbons (Fsp3) is 1.00. The molecule has 92 valence electrons. The van der Waals surface area contributed by atoms with Crippen molar-refractivity contribution in [3.8, 4) is 0 Å². The number of rotatable bonds is 2. The van der Waals surface area contributed by atoms with Gasteiger partial charge in [0.1, 0.15) is 0 Å². The highest BCUT2D eigenvalue weighted by Gasteiger charge is 2.35. The average molecular weight is 224 g/mol. The predicted molar refractivity (Wildman–Crippen MR) is 64.4 cm³/mol. The fourth-order valence-electron chi connectivity index (χ4n) is 3.77. The molecule has 1 N–H and O–H groups in total. The van der Waals surface area contributed by atoms with Crippen molar-refractivity contribution in [3.63, 3.8) is 0 Å². The molecule has 3 rings (SSSR count). The molecule has 0 radical (unpaired) electrons. The van der Waals surface area contributed by atoms with E-state index in [0.29, 0.717) is 6.04 Å². The van der Waals surface area contributed by atoms with E-state index >= 15 is 0 Å². The van der Waals surface area contributed by atoms with E-state index in [0.717, 1.165) is 18.9 Å². The Balaban J connectivity index is 1.52. The lowest BCUT2D eigenvalue weighted by atomic mass is 10.2. The third kappa shape index (κ3) is 2.13. The van der Waals surface area contributed by atoms with E-state index in [1.165, 1.54) is 51.9 Å². The third-order valence-electron chi connectivity index (χ3n) is 4.75. The van der Waals surface area contributed by atoms with E-state index in [-0.39, 0.29) is 6.10 Å². The van der Waals surface area contributed by atoms with Crippen LogP contribution in [-0.4, -0.2) is 59.3 Å². The summed E-state index contributed by atoms with van der Waals surface area (Å²) in [5.41, 5.74) is 0. The Labute approximate surface area is 98.4 Å². The monoisotopic (exact) mass is 224 g/mol. The molecule has 3 atom stereocenters. The minimum Gasteiger partial charge on any atom is -0.393 e. The predicted octanol–water partition coefficient (Wildman–Crippen LogP) is 1.07. The molecule has 2 saturated heterocycles. The van der Waals surface area contributed by atoms with Crippen molar-refractivity contribution < 1.29 is 5.11 Å². The second-order valence-corrected chi connectivity index (χ2v) is 5.80. The van der Waals surface area contributed by atoms with Crippen molar-refractivity contribution in [1.29, 1.82) is 0 Å². The molecule has 3 unspecified atom stereocenters. The van der Waals surface area contributed by atoms with Crippen LogP contribution in [0.25, 0.3) is 0 Å². The standard InChI is InChI=1S/C13H24N2O/c16-13-4-3-11(9-13)15-8-5-12(10-15)14-6-1-2-7-14/h11-13,16H,1-10H2. The molecule has 3 fully saturated rings. The number of aliphatic hydroxyl groups excluding tert-OH is 1. The molecule has 3 aliphatic rings. The van der Waals surface area contributed by atoms with Crippen molar-refractivity contribution in [3.05, 3.63) is 0 Å². The van der Waals surface area contributed by atoms with Gasteiger partial charge >= 0.3 is 0 Å². The van der Waals surface area contributed by atoms with Crippen LogP contribution in [0.2, 0.25) is 0 Å². The molecule has 1 saturated carbocycles. The maximum atomic E-state index is 9.60. The van der Waals surface area contributed by atoms with Crippen LogP contribution < -0.4 is 0 Å². The van der Waals surface area contributed by atoms with Crippen molar-refractivity contribution in [1.82, 2.24) is 9.80 Å². The van der Waals surface area contributed by atoms with Gasteiger partial charge in [0, 0.05) is 25.2 Å². The summed E-state index contributed by atoms with van der Waals surface area (Å²) in [5, 5.41) is 9.60. The normalized spacial score (nSPS) is 42.2. The number of nitrogens with zero attached hydrogens (tertiary/aromatic N) is 2. The summed E-state index contributed by atoms with van der Waals surface area (Å²) in [6.45, 7) is 5.17. The van der Waals surface area contributed by atoms with Crippen LogP contribution >= 0.6 is 0 Å². The van der Waals surface area contributed by atoms with Crippen LogP contribution in [0.3, 0.4) is 0 Å². The van der Waals surface area contributed by atoms with Gasteiger partial charge in [-0.3, -0.25) is 9.80 Å². The van der Waals surface area contributed by atoms with Crippen LogP contribution in [0, 0.1) is 0 Å². The first-order valence-electron chi connectivity index (χ1n) is 6.99. The van der Waals surface area contributed by atoms with Gasteiger partial charge in [-0.1, -0.05) is 0 Å². The maximum Gasteiger partial charge on any atom is 0.0555 e. The Morgan fingerprint density at radius 3 is 2.31 bits per heavy atom. The highest BCUT2D eigenvalue weighted by atomic mass is 16.3. The maximum absolute atomic E-state index is 9.60. The summed E-state index contributed by atoms with van der Waals surface area (Å²) in [6, 6.07) is 1.50. The van der Waals surface area contributed by atoms with Crippen LogP contribution in [0.1, 0.15) is 38.5 Å². The van der Waals surface area contributed by atoms with E-state index in [9.17, 15) is 5.11 Å². The van der Waals surface area contributed by atoms with Gasteiger partial charge in [-0.05, 0) is 51.6 Å². The SMILES string of the molecule is OC1CCC(N2CCC(N3CCCC3)C2)C1. The van der Waals surface area contributed by atoms with E-state index in [4.69, 9.17) is 0 Å². The molecule has 2 aliphatic heterocycles. The van der Waals surface area contributed by atoms with Crippen LogP contribution in [0.5, 0.6) is 0 Å². The van der Waals surface area contributed by atoms with Crippen LogP contribution in [-0.2, 0) is 0 Å². The first-order chi connectivity index (χ1) is 7.83. The molecular formula is C13H24N2O. The Morgan fingerprint density at radius 1 is 0.812 bits per heavy atom. The zero-order chi connectivity index (χ0) is 11.0. The van der Waals surface area contributed by atoms with E-state index in [1.54, 1.807) is 0 Å². The minimum absolute atomic E-state index is 0.0177. The Kier molecular flexibility index (Phi) is 3.18. The van der Waals surface area contributed by atoms with Crippen molar-refractivity contribution >= 4 is 0 Å². The third-order valence-corrected chi connectivity index (χ3v) is 4.75. The van der Waals surface area contributed by atoms with E-state index < -0.39 is 0 Å². The van der Waals surface area contributed by atoms with Gasteiger partial charge in [-0.25, -0.2) is 0 Å². The largest absolute Gasteiger partial charge is 0.393 e. The number of likely N-dealkylation sites (tertiary alicyclic amines) is 2. The topological polar surface area (TPSA) is 26.7 Å². The lowest BCUT2D eigenvalue weighted by Crippen LogP contribution is -2.38. The summed E-state index contributed by atoms with van der Waals surface area (Å²) < 4.78 is 0. The Morgan fingerprint density at radius 2 is 1.62 bits per heavy atom. The molecular weight excluding hydrogens is 200 g/mol. The van der Waals surface area contributed by atoms with Gasteiger partial charge in [-0.15, -0.1) is 0 Å². The van der Waals surface area contributed by atoms with Gasteiger partial charge in [0.15, 0.2) is 0 Å². The highest BCUT2D eigenvalue weighted by molar-refractivity contribution is 4.91. The molecule has 2 heterocycles. The van der Waals surface area contributed by atoms with Crippen molar-refractivity contribution in [2.24, 2.45) is 0 Å². The van der Waals surface area contributed by atoms with Crippen LogP contribution in [0.15, 0.2) is 0 Å². The van der Waals surface area contributed by atoms with E-state index in [1.807, 2.05) is 0 Å². The van der Waals surface area contributed by atoms with Gasteiger partial charge in [0.2, 0.25) is 0 Å². The summed E-state index contributed by atoms with van der Waals surface area (Å²) in [5.74, 6) is 0. The Bertz CT molecular complexity index is 240. The molecule has 16 heavy (non-hydrogen) atoms. The van der Waals surface area contributed by atoms with Crippen LogP contribution in [0.4, 0.5) is 0 Å². The van der Waals surface area contributed by atoms with Crippen molar-refractivity contribution in [2.45, 2.75) is 56.7 Å². The molecule has 1 aliphatic carbocycles. The molecule has 3 nitrogen and oxygen atoms in total. The lowest BCUT2D eigenvalue weighted by Gasteiger charge is -2.26. The summed E-state index contributed by atoms with van der Waals surface area (Å²) in [6.07, 6.45) is 7.40. The number of hydrogen-bond donors (Lipinski definition) is 1. The van der Waals surface area contributed by atoms with E-state index in [2.05, 4.69) is 9.80 Å². The summed E-state index contributed by atoms with van der Waals surface area (Å²) in [4.78, 5) is 5.32. The van der Waals surface area contributed by atoms with Gasteiger partial charge in [0.25, 0.3) is 0 Å². The number of aliphatic hydroxyl groups is 1. The molecule has 0 aromatic carbocycles. The fourth-order valence-corrected chi connectivity index (χ4v) is 3.77. The highest BCUT2D eigenvalue weighted by Crippen LogP contribution is 2.29. The van der Waals surface area contributed by atoms with Crippen molar-refractivity contribution in [2.75, 3.05) is 26.2 Å². The minimum atomic E-state index is -0.0177. The average Bonchev–Trinajstić information content (AvgIpc) is 2.97. The molecule has 0 spiro atoms. The molecule has 3 heteroatoms. The zero-order valence-corrected chi connectivity index (χ0v) is 10.1. The van der Waals surface area contributed by atoms with Gasteiger partial charge in [0.05, 0.1) is 6.10 Å².